The fraction of sp³-hybridized carbons (Fsp3) is 0.857. The average Bonchev–Trinajstić information content (AvgIpc) is 3.42. The molecule has 5 rings (SSSR count). The maximum atomic E-state index is 6.13. The quantitative estimate of drug-likeness (QED) is 0.369. The summed E-state index contributed by atoms with van der Waals surface area (Å²) in [5, 5.41) is 16.3. The van der Waals surface area contributed by atoms with Gasteiger partial charge < -0.3 is 19.9 Å². The van der Waals surface area contributed by atoms with Crippen LogP contribution in [0.3, 0.4) is 0 Å². The fourth-order valence-corrected chi connectivity index (χ4v) is 6.31. The lowest BCUT2D eigenvalue weighted by atomic mass is 9.54. The normalized spacial score (nSPS) is 32.5. The smallest absolute Gasteiger partial charge is 0.191 e. The van der Waals surface area contributed by atoms with Crippen LogP contribution in [0.15, 0.2) is 4.99 Å². The SMILES string of the molecule is CN=C(NC1CCc2nnc(C(C)C)n2C1)NC1C2CCOC2C12CCCC2.I. The largest absolute Gasteiger partial charge is 0.377 e. The summed E-state index contributed by atoms with van der Waals surface area (Å²) in [6, 6.07) is 0.872. The van der Waals surface area contributed by atoms with Gasteiger partial charge in [0.25, 0.3) is 0 Å². The molecule has 162 valence electrons. The van der Waals surface area contributed by atoms with Crippen LogP contribution >= 0.6 is 24.0 Å². The van der Waals surface area contributed by atoms with E-state index in [0.717, 1.165) is 43.6 Å². The highest BCUT2D eigenvalue weighted by Gasteiger charge is 2.65. The highest BCUT2D eigenvalue weighted by molar-refractivity contribution is 14.0. The van der Waals surface area contributed by atoms with Crippen LogP contribution in [0.25, 0.3) is 0 Å². The molecule has 3 heterocycles. The minimum atomic E-state index is 0. The van der Waals surface area contributed by atoms with Gasteiger partial charge in [0.15, 0.2) is 5.96 Å². The van der Waals surface area contributed by atoms with E-state index < -0.39 is 0 Å². The van der Waals surface area contributed by atoms with Crippen molar-refractivity contribution in [1.29, 1.82) is 0 Å². The van der Waals surface area contributed by atoms with Crippen LogP contribution in [0.2, 0.25) is 0 Å². The molecule has 3 fully saturated rings. The molecule has 2 saturated carbocycles. The second kappa shape index (κ2) is 8.32. The molecule has 2 N–H and O–H groups in total. The second-order valence-corrected chi connectivity index (χ2v) is 9.50. The summed E-state index contributed by atoms with van der Waals surface area (Å²) in [6.45, 7) is 6.22. The molecule has 0 bridgehead atoms. The van der Waals surface area contributed by atoms with Crippen LogP contribution in [0.1, 0.15) is 69.9 Å². The average molecular weight is 514 g/mol. The Morgan fingerprint density at radius 1 is 1.21 bits per heavy atom. The number of guanidine groups is 1. The lowest BCUT2D eigenvalue weighted by Gasteiger charge is -2.57. The zero-order valence-corrected chi connectivity index (χ0v) is 20.2. The van der Waals surface area contributed by atoms with Gasteiger partial charge in [-0.25, -0.2) is 0 Å². The molecule has 0 radical (unpaired) electrons. The lowest BCUT2D eigenvalue weighted by molar-refractivity contribution is -0.125. The van der Waals surface area contributed by atoms with Gasteiger partial charge in [-0.15, -0.1) is 34.2 Å². The van der Waals surface area contributed by atoms with Crippen LogP contribution in [-0.2, 0) is 17.7 Å². The van der Waals surface area contributed by atoms with E-state index in [2.05, 4.69) is 44.2 Å². The van der Waals surface area contributed by atoms with Gasteiger partial charge in [-0.1, -0.05) is 26.7 Å². The van der Waals surface area contributed by atoms with Gasteiger partial charge in [-0.2, -0.15) is 0 Å². The molecular weight excluding hydrogens is 479 g/mol. The molecular formula is C21H35IN6O. The molecule has 8 heteroatoms. The third-order valence-electron chi connectivity index (χ3n) is 7.63. The van der Waals surface area contributed by atoms with Crippen molar-refractivity contribution >= 4 is 29.9 Å². The zero-order valence-electron chi connectivity index (χ0n) is 17.9. The summed E-state index contributed by atoms with van der Waals surface area (Å²) in [4.78, 5) is 4.59. The Hall–Kier alpha value is -0.900. The molecule has 4 unspecified atom stereocenters. The summed E-state index contributed by atoms with van der Waals surface area (Å²) in [7, 11) is 1.89. The number of hydrogen-bond donors (Lipinski definition) is 2. The van der Waals surface area contributed by atoms with E-state index in [9.17, 15) is 0 Å². The number of aliphatic imine (C=N–C) groups is 1. The van der Waals surface area contributed by atoms with Gasteiger partial charge in [-0.05, 0) is 25.7 Å². The first-order valence-electron chi connectivity index (χ1n) is 11.2. The van der Waals surface area contributed by atoms with Crippen LogP contribution in [-0.4, -0.2) is 52.6 Å². The lowest BCUT2D eigenvalue weighted by Crippen LogP contribution is -2.69. The molecule has 1 saturated heterocycles. The van der Waals surface area contributed by atoms with Crippen LogP contribution in [0, 0.1) is 11.3 Å². The standard InChI is InChI=1S/C21H34N6O.HI/c1-13(2)19-26-25-16-7-6-14(12-27(16)19)23-20(22-3)24-17-15-8-11-28-18(15)21(17)9-4-5-10-21;/h13-15,17-18H,4-12H2,1-3H3,(H2,22,23,24);1H. The van der Waals surface area contributed by atoms with Gasteiger partial charge in [0.2, 0.25) is 0 Å². The summed E-state index contributed by atoms with van der Waals surface area (Å²) >= 11 is 0. The minimum Gasteiger partial charge on any atom is -0.377 e. The van der Waals surface area contributed by atoms with Crippen molar-refractivity contribution in [3.05, 3.63) is 11.6 Å². The monoisotopic (exact) mass is 514 g/mol. The van der Waals surface area contributed by atoms with Crippen molar-refractivity contribution in [3.8, 4) is 0 Å². The van der Waals surface area contributed by atoms with Gasteiger partial charge in [0.1, 0.15) is 11.6 Å². The molecule has 2 aliphatic carbocycles. The summed E-state index contributed by atoms with van der Waals surface area (Å²) in [5.41, 5.74) is 0.345. The van der Waals surface area contributed by atoms with E-state index in [1.807, 2.05) is 7.05 Å². The zero-order chi connectivity index (χ0) is 19.3. The van der Waals surface area contributed by atoms with Gasteiger partial charge in [0.05, 0.1) is 6.10 Å². The minimum absolute atomic E-state index is 0. The highest BCUT2D eigenvalue weighted by Crippen LogP contribution is 2.60. The Kier molecular flexibility index (Phi) is 6.12. The number of nitrogens with one attached hydrogen (secondary N) is 2. The molecule has 4 atom stereocenters. The third-order valence-corrected chi connectivity index (χ3v) is 7.63. The summed E-state index contributed by atoms with van der Waals surface area (Å²) < 4.78 is 8.44. The first kappa shape index (κ1) is 21.3. The molecule has 1 aromatic rings. The molecule has 0 aromatic carbocycles. The number of halogens is 1. The Bertz CT molecular complexity index is 756. The van der Waals surface area contributed by atoms with Crippen molar-refractivity contribution in [2.75, 3.05) is 13.7 Å². The number of aryl methyl sites for hydroxylation is 1. The van der Waals surface area contributed by atoms with Gasteiger partial charge in [0, 0.05) is 56.0 Å². The van der Waals surface area contributed by atoms with Crippen molar-refractivity contribution in [3.63, 3.8) is 0 Å². The Labute approximate surface area is 190 Å². The molecule has 7 nitrogen and oxygen atoms in total. The van der Waals surface area contributed by atoms with E-state index in [1.54, 1.807) is 0 Å². The summed E-state index contributed by atoms with van der Waals surface area (Å²) in [5.74, 6) is 4.22. The molecule has 0 amide bonds. The van der Waals surface area contributed by atoms with Crippen molar-refractivity contribution in [1.82, 2.24) is 25.4 Å². The predicted molar refractivity (Wildman–Crippen MR) is 124 cm³/mol. The number of fused-ring (bicyclic) bond motifs is 3. The fourth-order valence-electron chi connectivity index (χ4n) is 6.31. The number of aromatic nitrogens is 3. The summed E-state index contributed by atoms with van der Waals surface area (Å²) in [6.07, 6.45) is 8.99. The van der Waals surface area contributed by atoms with Crippen LogP contribution < -0.4 is 10.6 Å². The third kappa shape index (κ3) is 3.47. The van der Waals surface area contributed by atoms with Crippen molar-refractivity contribution in [2.45, 2.75) is 89.4 Å². The Morgan fingerprint density at radius 3 is 2.72 bits per heavy atom. The predicted octanol–water partition coefficient (Wildman–Crippen LogP) is 2.85. The van der Waals surface area contributed by atoms with Crippen LogP contribution in [0.5, 0.6) is 0 Å². The van der Waals surface area contributed by atoms with Gasteiger partial charge in [-0.3, -0.25) is 4.99 Å². The number of rotatable bonds is 3. The second-order valence-electron chi connectivity index (χ2n) is 9.50. The van der Waals surface area contributed by atoms with Gasteiger partial charge >= 0.3 is 0 Å². The molecule has 1 aromatic heterocycles. The molecule has 29 heavy (non-hydrogen) atoms. The Balaban J connectivity index is 0.00000205. The Morgan fingerprint density at radius 2 is 2.00 bits per heavy atom. The van der Waals surface area contributed by atoms with Crippen molar-refractivity contribution in [2.24, 2.45) is 16.3 Å². The molecule has 4 aliphatic rings. The molecule has 1 spiro atoms. The number of nitrogens with zero attached hydrogens (tertiary/aromatic N) is 4. The highest BCUT2D eigenvalue weighted by atomic mass is 127. The van der Waals surface area contributed by atoms with E-state index in [1.165, 1.54) is 32.1 Å². The van der Waals surface area contributed by atoms with E-state index >= 15 is 0 Å². The first-order chi connectivity index (χ1) is 13.6. The maximum absolute atomic E-state index is 6.13. The number of hydrogen-bond acceptors (Lipinski definition) is 4. The van der Waals surface area contributed by atoms with Crippen LogP contribution in [0.4, 0.5) is 0 Å². The van der Waals surface area contributed by atoms with E-state index in [-0.39, 0.29) is 24.0 Å². The molecule has 2 aliphatic heterocycles. The number of ether oxygens (including phenoxy) is 1. The van der Waals surface area contributed by atoms with E-state index in [0.29, 0.717) is 35.4 Å². The van der Waals surface area contributed by atoms with Crippen molar-refractivity contribution < 1.29 is 4.74 Å². The topological polar surface area (TPSA) is 76.4 Å². The first-order valence-corrected chi connectivity index (χ1v) is 11.2. The van der Waals surface area contributed by atoms with E-state index in [4.69, 9.17) is 4.74 Å². The maximum Gasteiger partial charge on any atom is 0.191 e.